The van der Waals surface area contributed by atoms with Crippen LogP contribution in [0.5, 0.6) is 0 Å². The van der Waals surface area contributed by atoms with E-state index in [1.54, 1.807) is 11.3 Å². The number of aryl methyl sites for hydroxylation is 1. The first-order valence-electron chi connectivity index (χ1n) is 7.56. The zero-order valence-corrected chi connectivity index (χ0v) is 14.8. The highest BCUT2D eigenvalue weighted by atomic mass is 32.1. The number of carbonyl (C=O) groups excluding carboxylic acids is 1. The number of hydrogen-bond acceptors (Lipinski definition) is 4. The molecular weight excluding hydrogens is 282 g/mol. The lowest BCUT2D eigenvalue weighted by Gasteiger charge is -2.38. The third-order valence-electron chi connectivity index (χ3n) is 4.46. The molecule has 4 nitrogen and oxygen atoms in total. The molecule has 2 atom stereocenters. The number of thiophene rings is 1. The van der Waals surface area contributed by atoms with Crippen molar-refractivity contribution in [2.24, 2.45) is 0 Å². The summed E-state index contributed by atoms with van der Waals surface area (Å²) in [6.07, 6.45) is 0.846. The van der Waals surface area contributed by atoms with Crippen LogP contribution in [0.15, 0.2) is 12.1 Å². The topological polar surface area (TPSA) is 35.6 Å². The fraction of sp³-hybridized carbons (Fsp3) is 0.688. The molecule has 0 saturated carbocycles. The van der Waals surface area contributed by atoms with Gasteiger partial charge in [-0.25, -0.2) is 0 Å². The first-order valence-corrected chi connectivity index (χ1v) is 8.38. The quantitative estimate of drug-likeness (QED) is 0.908. The van der Waals surface area contributed by atoms with Gasteiger partial charge in [0.2, 0.25) is 5.91 Å². The van der Waals surface area contributed by atoms with Gasteiger partial charge in [0.05, 0.1) is 6.04 Å². The summed E-state index contributed by atoms with van der Waals surface area (Å²) in [4.78, 5) is 19.4. The fourth-order valence-electron chi connectivity index (χ4n) is 2.54. The van der Waals surface area contributed by atoms with E-state index in [-0.39, 0.29) is 23.7 Å². The normalized spacial score (nSPS) is 23.4. The first kappa shape index (κ1) is 16.5. The molecule has 2 rings (SSSR count). The van der Waals surface area contributed by atoms with Crippen molar-refractivity contribution >= 4 is 17.2 Å². The van der Waals surface area contributed by atoms with E-state index in [0.29, 0.717) is 0 Å². The van der Waals surface area contributed by atoms with Crippen molar-refractivity contribution < 1.29 is 4.79 Å². The Labute approximate surface area is 132 Å². The predicted molar refractivity (Wildman–Crippen MR) is 88.5 cm³/mol. The van der Waals surface area contributed by atoms with Gasteiger partial charge in [0.1, 0.15) is 6.17 Å². The van der Waals surface area contributed by atoms with Crippen molar-refractivity contribution in [2.45, 2.75) is 51.9 Å². The van der Waals surface area contributed by atoms with Crippen LogP contribution in [0, 0.1) is 6.92 Å². The van der Waals surface area contributed by atoms with E-state index in [0.717, 1.165) is 13.0 Å². The summed E-state index contributed by atoms with van der Waals surface area (Å²) in [6.45, 7) is 9.25. The maximum absolute atomic E-state index is 12.7. The van der Waals surface area contributed by atoms with Crippen molar-refractivity contribution in [3.05, 3.63) is 21.9 Å². The molecule has 0 bridgehead atoms. The van der Waals surface area contributed by atoms with Crippen molar-refractivity contribution in [2.75, 3.05) is 20.6 Å². The highest BCUT2D eigenvalue weighted by molar-refractivity contribution is 7.12. The molecule has 1 saturated heterocycles. The van der Waals surface area contributed by atoms with Crippen LogP contribution in [0.3, 0.4) is 0 Å². The van der Waals surface area contributed by atoms with Gasteiger partial charge in [-0.15, -0.1) is 11.3 Å². The molecule has 1 aromatic heterocycles. The standard InChI is InChI=1S/C16H27N3OS/c1-7-12-15(20)19(10-16(3,4)18(5)6)14(17-12)13-9-8-11(2)21-13/h8-9,12,14,17H,7,10H2,1-6H3. The monoisotopic (exact) mass is 309 g/mol. The summed E-state index contributed by atoms with van der Waals surface area (Å²) in [7, 11) is 4.13. The lowest BCUT2D eigenvalue weighted by atomic mass is 10.0. The molecule has 2 heterocycles. The van der Waals surface area contributed by atoms with Gasteiger partial charge in [-0.05, 0) is 53.4 Å². The maximum atomic E-state index is 12.7. The van der Waals surface area contributed by atoms with E-state index in [4.69, 9.17) is 0 Å². The zero-order valence-electron chi connectivity index (χ0n) is 13.9. The summed E-state index contributed by atoms with van der Waals surface area (Å²) in [6, 6.07) is 4.20. The second-order valence-corrected chi connectivity index (χ2v) is 7.97. The zero-order chi connectivity index (χ0) is 15.8. The van der Waals surface area contributed by atoms with E-state index in [2.05, 4.69) is 64.1 Å². The average molecular weight is 309 g/mol. The maximum Gasteiger partial charge on any atom is 0.241 e. The van der Waals surface area contributed by atoms with Crippen LogP contribution in [0.4, 0.5) is 0 Å². The van der Waals surface area contributed by atoms with Gasteiger partial charge in [0.25, 0.3) is 0 Å². The summed E-state index contributed by atoms with van der Waals surface area (Å²) in [5.41, 5.74) is -0.0511. The number of rotatable bonds is 5. The lowest BCUT2D eigenvalue weighted by molar-refractivity contribution is -0.131. The van der Waals surface area contributed by atoms with Gasteiger partial charge in [-0.2, -0.15) is 0 Å². The fourth-order valence-corrected chi connectivity index (χ4v) is 3.49. The molecular formula is C16H27N3OS. The van der Waals surface area contributed by atoms with Gasteiger partial charge in [-0.3, -0.25) is 10.1 Å². The molecule has 5 heteroatoms. The van der Waals surface area contributed by atoms with Crippen LogP contribution < -0.4 is 5.32 Å². The van der Waals surface area contributed by atoms with Crippen LogP contribution in [0.1, 0.15) is 43.1 Å². The molecule has 2 unspecified atom stereocenters. The Bertz CT molecular complexity index is 509. The van der Waals surface area contributed by atoms with E-state index >= 15 is 0 Å². The first-order chi connectivity index (χ1) is 9.76. The van der Waals surface area contributed by atoms with Gasteiger partial charge in [-0.1, -0.05) is 6.92 Å². The van der Waals surface area contributed by atoms with Gasteiger partial charge in [0, 0.05) is 21.8 Å². The third-order valence-corrected chi connectivity index (χ3v) is 5.51. The van der Waals surface area contributed by atoms with Crippen LogP contribution in [0.2, 0.25) is 0 Å². The number of carbonyl (C=O) groups is 1. The average Bonchev–Trinajstić information content (AvgIpc) is 2.95. The number of nitrogens with zero attached hydrogens (tertiary/aromatic N) is 2. The summed E-state index contributed by atoms with van der Waals surface area (Å²) < 4.78 is 0. The largest absolute Gasteiger partial charge is 0.319 e. The van der Waals surface area contributed by atoms with Crippen molar-refractivity contribution in [3.8, 4) is 0 Å². The Kier molecular flexibility index (Phi) is 4.76. The van der Waals surface area contributed by atoms with E-state index in [1.807, 2.05) is 4.90 Å². The predicted octanol–water partition coefficient (Wildman–Crippen LogP) is 2.61. The van der Waals surface area contributed by atoms with Gasteiger partial charge < -0.3 is 9.80 Å². The third kappa shape index (κ3) is 3.30. The Morgan fingerprint density at radius 2 is 2.05 bits per heavy atom. The second-order valence-electron chi connectivity index (χ2n) is 6.65. The van der Waals surface area contributed by atoms with Crippen LogP contribution in [-0.2, 0) is 4.79 Å². The van der Waals surface area contributed by atoms with Crippen LogP contribution in [0.25, 0.3) is 0 Å². The van der Waals surface area contributed by atoms with Gasteiger partial charge in [0.15, 0.2) is 0 Å². The van der Waals surface area contributed by atoms with Gasteiger partial charge >= 0.3 is 0 Å². The molecule has 0 aliphatic carbocycles. The Morgan fingerprint density at radius 1 is 1.38 bits per heavy atom. The summed E-state index contributed by atoms with van der Waals surface area (Å²) in [5, 5.41) is 3.50. The molecule has 1 aromatic rings. The van der Waals surface area contributed by atoms with E-state index in [1.165, 1.54) is 9.75 Å². The smallest absolute Gasteiger partial charge is 0.241 e. The molecule has 0 aromatic carbocycles. The second kappa shape index (κ2) is 6.07. The number of hydrogen-bond donors (Lipinski definition) is 1. The highest BCUT2D eigenvalue weighted by Crippen LogP contribution is 2.32. The van der Waals surface area contributed by atoms with E-state index in [9.17, 15) is 4.79 Å². The minimum absolute atomic E-state index is 0.0142. The minimum Gasteiger partial charge on any atom is -0.319 e. The summed E-state index contributed by atoms with van der Waals surface area (Å²) in [5.74, 6) is 0.225. The minimum atomic E-state index is -0.0598. The lowest BCUT2D eigenvalue weighted by Crippen LogP contribution is -2.49. The molecule has 0 spiro atoms. The SMILES string of the molecule is CCC1NC(c2ccc(C)s2)N(CC(C)(C)N(C)C)C1=O. The molecule has 0 radical (unpaired) electrons. The Hall–Kier alpha value is -0.910. The van der Waals surface area contributed by atoms with Crippen molar-refractivity contribution in [3.63, 3.8) is 0 Å². The van der Waals surface area contributed by atoms with Crippen molar-refractivity contribution in [1.29, 1.82) is 0 Å². The van der Waals surface area contributed by atoms with E-state index < -0.39 is 0 Å². The highest BCUT2D eigenvalue weighted by Gasteiger charge is 2.41. The summed E-state index contributed by atoms with van der Waals surface area (Å²) >= 11 is 1.77. The molecule has 1 aliphatic heterocycles. The molecule has 118 valence electrons. The number of amides is 1. The molecule has 1 N–H and O–H groups in total. The molecule has 1 aliphatic rings. The molecule has 1 fully saturated rings. The number of likely N-dealkylation sites (N-methyl/N-ethyl adjacent to an activating group) is 1. The number of nitrogens with one attached hydrogen (secondary N) is 1. The van der Waals surface area contributed by atoms with Crippen molar-refractivity contribution in [1.82, 2.24) is 15.1 Å². The Morgan fingerprint density at radius 3 is 2.52 bits per heavy atom. The molecule has 21 heavy (non-hydrogen) atoms. The van der Waals surface area contributed by atoms with Crippen LogP contribution >= 0.6 is 11.3 Å². The molecule has 1 amide bonds. The van der Waals surface area contributed by atoms with Crippen LogP contribution in [-0.4, -0.2) is 47.9 Å². The Balaban J connectivity index is 2.27.